The number of nitrogens with one attached hydrogen (secondary N) is 1. The number of alkyl halides is 3. The van der Waals surface area contributed by atoms with Crippen LogP contribution in [-0.2, 0) is 24.0 Å². The third kappa shape index (κ3) is 6.21. The molecule has 0 spiro atoms. The predicted molar refractivity (Wildman–Crippen MR) is 129 cm³/mol. The van der Waals surface area contributed by atoms with Crippen molar-refractivity contribution in [2.75, 3.05) is 0 Å². The number of hydrogen-bond acceptors (Lipinski definition) is 3. The molecule has 4 aromatic carbocycles. The van der Waals surface area contributed by atoms with Gasteiger partial charge in [-0.2, -0.15) is 13.2 Å². The van der Waals surface area contributed by atoms with Gasteiger partial charge in [0.15, 0.2) is 0 Å². The van der Waals surface area contributed by atoms with E-state index in [9.17, 15) is 27.9 Å². The summed E-state index contributed by atoms with van der Waals surface area (Å²) in [5.41, 5.74) is 0.831. The first-order valence-electron chi connectivity index (χ1n) is 11.1. The van der Waals surface area contributed by atoms with Gasteiger partial charge in [-0.15, -0.1) is 0 Å². The third-order valence-corrected chi connectivity index (χ3v) is 5.65. The summed E-state index contributed by atoms with van der Waals surface area (Å²) in [4.78, 5) is 24.5. The Hall–Kier alpha value is -4.33. The van der Waals surface area contributed by atoms with Gasteiger partial charge in [-0.1, -0.05) is 54.6 Å². The number of halogens is 3. The van der Waals surface area contributed by atoms with Crippen LogP contribution in [0.1, 0.15) is 27.0 Å². The SMILES string of the molecule is O=C(NC(Cc1ccc(C(F)(F)F)cc1)C(=O)O)c1ccc2cc(OCc3ccccc3)ccc2c1. The van der Waals surface area contributed by atoms with Gasteiger partial charge in [0.05, 0.1) is 5.56 Å². The molecule has 0 saturated carbocycles. The topological polar surface area (TPSA) is 75.6 Å². The van der Waals surface area contributed by atoms with Crippen LogP contribution in [0.15, 0.2) is 91.0 Å². The number of carboxylic acid groups (broad SMARTS) is 1. The molecule has 1 amide bonds. The first kappa shape index (κ1) is 24.8. The van der Waals surface area contributed by atoms with Gasteiger partial charge >= 0.3 is 12.1 Å². The van der Waals surface area contributed by atoms with E-state index in [4.69, 9.17) is 4.74 Å². The predicted octanol–water partition coefficient (Wildman–Crippen LogP) is 5.86. The van der Waals surface area contributed by atoms with E-state index in [2.05, 4.69) is 5.32 Å². The van der Waals surface area contributed by atoms with E-state index in [1.165, 1.54) is 12.1 Å². The Kier molecular flexibility index (Phi) is 7.24. The zero-order valence-corrected chi connectivity index (χ0v) is 19.0. The van der Waals surface area contributed by atoms with Crippen molar-refractivity contribution < 1.29 is 32.6 Å². The summed E-state index contributed by atoms with van der Waals surface area (Å²) in [6, 6.07) is 23.0. The van der Waals surface area contributed by atoms with Crippen LogP contribution >= 0.6 is 0 Å². The minimum atomic E-state index is -4.48. The Labute approximate surface area is 205 Å². The second-order valence-electron chi connectivity index (χ2n) is 8.26. The minimum absolute atomic E-state index is 0.158. The van der Waals surface area contributed by atoms with E-state index >= 15 is 0 Å². The monoisotopic (exact) mass is 493 g/mol. The molecule has 0 aliphatic heterocycles. The summed E-state index contributed by atoms with van der Waals surface area (Å²) in [5.74, 6) is -1.21. The molecule has 0 heterocycles. The molecule has 2 N–H and O–H groups in total. The molecule has 4 rings (SSSR count). The molecule has 0 fully saturated rings. The Morgan fingerprint density at radius 1 is 0.833 bits per heavy atom. The summed E-state index contributed by atoms with van der Waals surface area (Å²) in [7, 11) is 0. The van der Waals surface area contributed by atoms with E-state index < -0.39 is 29.7 Å². The number of fused-ring (bicyclic) bond motifs is 1. The fourth-order valence-electron chi connectivity index (χ4n) is 3.70. The molecule has 36 heavy (non-hydrogen) atoms. The van der Waals surface area contributed by atoms with Crippen LogP contribution in [0.2, 0.25) is 0 Å². The number of hydrogen-bond donors (Lipinski definition) is 2. The number of carbonyl (C=O) groups is 2. The van der Waals surface area contributed by atoms with Crippen molar-refractivity contribution in [3.05, 3.63) is 113 Å². The van der Waals surface area contributed by atoms with Crippen LogP contribution in [-0.4, -0.2) is 23.0 Å². The summed E-state index contributed by atoms with van der Waals surface area (Å²) in [6.45, 7) is 0.419. The molecule has 1 atom stereocenters. The van der Waals surface area contributed by atoms with Crippen LogP contribution in [0.5, 0.6) is 5.75 Å². The summed E-state index contributed by atoms with van der Waals surface area (Å²) < 4.78 is 44.1. The molecule has 0 aliphatic rings. The largest absolute Gasteiger partial charge is 0.489 e. The zero-order valence-electron chi connectivity index (χ0n) is 19.0. The standard InChI is InChI=1S/C28H22F3NO4/c29-28(30,31)23-11-6-18(7-12-23)14-25(27(34)35)32-26(33)22-9-8-21-16-24(13-10-20(21)15-22)36-17-19-4-2-1-3-5-19/h1-13,15-16,25H,14,17H2,(H,32,33)(H,34,35). The lowest BCUT2D eigenvalue weighted by Crippen LogP contribution is -2.42. The zero-order chi connectivity index (χ0) is 25.7. The van der Waals surface area contributed by atoms with Gasteiger partial charge < -0.3 is 15.2 Å². The molecule has 0 aromatic heterocycles. The first-order chi connectivity index (χ1) is 17.2. The van der Waals surface area contributed by atoms with Crippen LogP contribution < -0.4 is 10.1 Å². The number of aliphatic carboxylic acids is 1. The normalized spacial score (nSPS) is 12.2. The number of amides is 1. The van der Waals surface area contributed by atoms with Crippen LogP contribution in [0, 0.1) is 0 Å². The summed E-state index contributed by atoms with van der Waals surface area (Å²) in [6.07, 6.45) is -4.64. The van der Waals surface area contributed by atoms with Crippen molar-refractivity contribution in [3.8, 4) is 5.75 Å². The van der Waals surface area contributed by atoms with Crippen LogP contribution in [0.4, 0.5) is 13.2 Å². The van der Waals surface area contributed by atoms with Gasteiger partial charge in [0.1, 0.15) is 18.4 Å². The lowest BCUT2D eigenvalue weighted by atomic mass is 10.0. The molecule has 1 unspecified atom stereocenters. The van der Waals surface area contributed by atoms with Gasteiger partial charge in [-0.25, -0.2) is 4.79 Å². The number of rotatable bonds is 8. The summed E-state index contributed by atoms with van der Waals surface area (Å²) >= 11 is 0. The van der Waals surface area contributed by atoms with Crippen molar-refractivity contribution in [1.29, 1.82) is 0 Å². The van der Waals surface area contributed by atoms with E-state index in [0.717, 1.165) is 28.5 Å². The molecule has 5 nitrogen and oxygen atoms in total. The lowest BCUT2D eigenvalue weighted by Gasteiger charge is -2.16. The minimum Gasteiger partial charge on any atom is -0.489 e. The Morgan fingerprint density at radius 2 is 1.50 bits per heavy atom. The molecule has 4 aromatic rings. The first-order valence-corrected chi connectivity index (χ1v) is 11.1. The highest BCUT2D eigenvalue weighted by Crippen LogP contribution is 2.29. The second-order valence-corrected chi connectivity index (χ2v) is 8.26. The summed E-state index contributed by atoms with van der Waals surface area (Å²) in [5, 5.41) is 13.6. The molecular weight excluding hydrogens is 471 g/mol. The highest BCUT2D eigenvalue weighted by molar-refractivity contribution is 6.00. The molecule has 0 saturated heterocycles. The number of benzene rings is 4. The highest BCUT2D eigenvalue weighted by Gasteiger charge is 2.30. The van der Waals surface area contributed by atoms with Gasteiger partial charge in [0, 0.05) is 12.0 Å². The average molecular weight is 493 g/mol. The fourth-order valence-corrected chi connectivity index (χ4v) is 3.70. The van der Waals surface area contributed by atoms with Crippen LogP contribution in [0.25, 0.3) is 10.8 Å². The number of carbonyl (C=O) groups excluding carboxylic acids is 1. The van der Waals surface area contributed by atoms with Crippen molar-refractivity contribution in [1.82, 2.24) is 5.32 Å². The number of carboxylic acids is 1. The maximum absolute atomic E-state index is 12.8. The van der Waals surface area contributed by atoms with E-state index in [1.54, 1.807) is 24.3 Å². The van der Waals surface area contributed by atoms with E-state index in [1.807, 2.05) is 42.5 Å². The van der Waals surface area contributed by atoms with Gasteiger partial charge in [0.25, 0.3) is 5.91 Å². The molecule has 184 valence electrons. The molecule has 0 radical (unpaired) electrons. The van der Waals surface area contributed by atoms with Crippen LogP contribution in [0.3, 0.4) is 0 Å². The Balaban J connectivity index is 1.43. The Bertz CT molecular complexity index is 1370. The van der Waals surface area contributed by atoms with Crippen molar-refractivity contribution in [2.45, 2.75) is 25.2 Å². The highest BCUT2D eigenvalue weighted by atomic mass is 19.4. The maximum Gasteiger partial charge on any atom is 0.416 e. The average Bonchev–Trinajstić information content (AvgIpc) is 2.87. The molecular formula is C28H22F3NO4. The molecule has 8 heteroatoms. The van der Waals surface area contributed by atoms with Crippen molar-refractivity contribution >= 4 is 22.6 Å². The maximum atomic E-state index is 12.8. The smallest absolute Gasteiger partial charge is 0.416 e. The molecule has 0 aliphatic carbocycles. The van der Waals surface area contributed by atoms with E-state index in [-0.39, 0.29) is 12.0 Å². The van der Waals surface area contributed by atoms with Gasteiger partial charge in [0.2, 0.25) is 0 Å². The molecule has 0 bridgehead atoms. The Morgan fingerprint density at radius 3 is 2.17 bits per heavy atom. The van der Waals surface area contributed by atoms with E-state index in [0.29, 0.717) is 17.9 Å². The second kappa shape index (κ2) is 10.5. The fraction of sp³-hybridized carbons (Fsp3) is 0.143. The third-order valence-electron chi connectivity index (χ3n) is 5.65. The lowest BCUT2D eigenvalue weighted by molar-refractivity contribution is -0.139. The van der Waals surface area contributed by atoms with Gasteiger partial charge in [-0.05, 0) is 58.3 Å². The quantitative estimate of drug-likeness (QED) is 0.322. The van der Waals surface area contributed by atoms with Crippen molar-refractivity contribution in [3.63, 3.8) is 0 Å². The van der Waals surface area contributed by atoms with Gasteiger partial charge in [-0.3, -0.25) is 4.79 Å². The van der Waals surface area contributed by atoms with Crippen molar-refractivity contribution in [2.24, 2.45) is 0 Å². The number of ether oxygens (including phenoxy) is 1.